The first-order valence-corrected chi connectivity index (χ1v) is 9.02. The van der Waals surface area contributed by atoms with E-state index in [9.17, 15) is 0 Å². The lowest BCUT2D eigenvalue weighted by Crippen LogP contribution is -2.46. The average Bonchev–Trinajstić information content (AvgIpc) is 2.80. The Balaban J connectivity index is 2.16. The molecule has 106 valence electrons. The zero-order valence-corrected chi connectivity index (χ0v) is 14.7. The summed E-state index contributed by atoms with van der Waals surface area (Å²) in [5, 5.41) is 4.53. The molecule has 1 saturated heterocycles. The van der Waals surface area contributed by atoms with Gasteiger partial charge in [0.05, 0.1) is 0 Å². The molecule has 1 aliphatic heterocycles. The SMILES string of the molecule is CCNC(Cc1ccc(Br)cc1Cl)C1(C)CCCS1. The minimum Gasteiger partial charge on any atom is -0.313 e. The number of halogens is 2. The summed E-state index contributed by atoms with van der Waals surface area (Å²) >= 11 is 11.9. The van der Waals surface area contributed by atoms with Crippen LogP contribution in [0.25, 0.3) is 0 Å². The Hall–Kier alpha value is 0.300. The Labute approximate surface area is 134 Å². The number of thioether (sulfide) groups is 1. The lowest BCUT2D eigenvalue weighted by Gasteiger charge is -2.34. The van der Waals surface area contributed by atoms with Gasteiger partial charge in [0.15, 0.2) is 0 Å². The monoisotopic (exact) mass is 361 g/mol. The van der Waals surface area contributed by atoms with E-state index in [0.717, 1.165) is 22.5 Å². The molecular formula is C15H21BrClNS. The molecule has 0 spiro atoms. The Morgan fingerprint density at radius 2 is 2.32 bits per heavy atom. The van der Waals surface area contributed by atoms with Crippen molar-refractivity contribution in [2.45, 2.75) is 43.9 Å². The van der Waals surface area contributed by atoms with Gasteiger partial charge < -0.3 is 5.32 Å². The van der Waals surface area contributed by atoms with Gasteiger partial charge in [-0.05, 0) is 56.2 Å². The molecule has 1 aromatic rings. The van der Waals surface area contributed by atoms with Gasteiger partial charge >= 0.3 is 0 Å². The quantitative estimate of drug-likeness (QED) is 0.798. The third kappa shape index (κ3) is 3.90. The highest BCUT2D eigenvalue weighted by Crippen LogP contribution is 2.41. The molecule has 4 heteroatoms. The summed E-state index contributed by atoms with van der Waals surface area (Å²) in [6.45, 7) is 5.58. The maximum atomic E-state index is 6.36. The second-order valence-corrected chi connectivity index (χ2v) is 8.27. The summed E-state index contributed by atoms with van der Waals surface area (Å²) in [5.41, 5.74) is 1.24. The topological polar surface area (TPSA) is 12.0 Å². The Morgan fingerprint density at radius 3 is 2.89 bits per heavy atom. The highest BCUT2D eigenvalue weighted by Gasteiger charge is 2.37. The molecule has 19 heavy (non-hydrogen) atoms. The van der Waals surface area contributed by atoms with Crippen LogP contribution in [0.15, 0.2) is 22.7 Å². The van der Waals surface area contributed by atoms with E-state index < -0.39 is 0 Å². The van der Waals surface area contributed by atoms with E-state index in [1.165, 1.54) is 24.2 Å². The van der Waals surface area contributed by atoms with Gasteiger partial charge in [-0.3, -0.25) is 0 Å². The largest absolute Gasteiger partial charge is 0.313 e. The van der Waals surface area contributed by atoms with Crippen LogP contribution in [-0.4, -0.2) is 23.1 Å². The van der Waals surface area contributed by atoms with Gasteiger partial charge in [-0.1, -0.05) is 40.5 Å². The number of rotatable bonds is 5. The Bertz CT molecular complexity index is 432. The van der Waals surface area contributed by atoms with E-state index in [2.05, 4.69) is 59.0 Å². The zero-order valence-electron chi connectivity index (χ0n) is 11.5. The third-order valence-electron chi connectivity index (χ3n) is 3.88. The van der Waals surface area contributed by atoms with Gasteiger partial charge in [-0.15, -0.1) is 0 Å². The Morgan fingerprint density at radius 1 is 1.53 bits per heavy atom. The van der Waals surface area contributed by atoms with Crippen LogP contribution in [0.2, 0.25) is 5.02 Å². The fraction of sp³-hybridized carbons (Fsp3) is 0.600. The van der Waals surface area contributed by atoms with Crippen LogP contribution in [-0.2, 0) is 6.42 Å². The van der Waals surface area contributed by atoms with E-state index >= 15 is 0 Å². The predicted octanol–water partition coefficient (Wildman–Crippen LogP) is 4.91. The van der Waals surface area contributed by atoms with Crippen molar-refractivity contribution in [2.75, 3.05) is 12.3 Å². The zero-order chi connectivity index (χ0) is 13.9. The summed E-state index contributed by atoms with van der Waals surface area (Å²) in [5.74, 6) is 1.28. The summed E-state index contributed by atoms with van der Waals surface area (Å²) in [6, 6.07) is 6.70. The molecule has 0 bridgehead atoms. The first kappa shape index (κ1) is 15.7. The van der Waals surface area contributed by atoms with Crippen molar-refractivity contribution >= 4 is 39.3 Å². The second-order valence-electron chi connectivity index (χ2n) is 5.31. The van der Waals surface area contributed by atoms with Gasteiger partial charge in [0.1, 0.15) is 0 Å². The molecule has 1 N–H and O–H groups in total. The number of benzene rings is 1. The standard InChI is InChI=1S/C15H21BrClNS/c1-3-18-14(15(2)7-4-8-19-15)9-11-5-6-12(16)10-13(11)17/h5-6,10,14,18H,3-4,7-9H2,1-2H3. The van der Waals surface area contributed by atoms with Gasteiger partial charge in [0, 0.05) is 20.3 Å². The van der Waals surface area contributed by atoms with Crippen LogP contribution in [0.4, 0.5) is 0 Å². The minimum absolute atomic E-state index is 0.340. The molecule has 0 amide bonds. The molecule has 1 nitrogen and oxygen atoms in total. The van der Waals surface area contributed by atoms with Crippen LogP contribution in [0, 0.1) is 0 Å². The van der Waals surface area contributed by atoms with E-state index in [1.54, 1.807) is 0 Å². The van der Waals surface area contributed by atoms with Crippen molar-refractivity contribution in [1.82, 2.24) is 5.32 Å². The molecule has 0 saturated carbocycles. The van der Waals surface area contributed by atoms with Crippen LogP contribution in [0.5, 0.6) is 0 Å². The highest BCUT2D eigenvalue weighted by molar-refractivity contribution is 9.10. The lowest BCUT2D eigenvalue weighted by molar-refractivity contribution is 0.406. The summed E-state index contributed by atoms with van der Waals surface area (Å²) in [6.07, 6.45) is 3.63. The van der Waals surface area contributed by atoms with E-state index in [1.807, 2.05) is 6.07 Å². The van der Waals surface area contributed by atoms with E-state index in [4.69, 9.17) is 11.6 Å². The van der Waals surface area contributed by atoms with Crippen LogP contribution < -0.4 is 5.32 Å². The minimum atomic E-state index is 0.340. The summed E-state index contributed by atoms with van der Waals surface area (Å²) in [7, 11) is 0. The summed E-state index contributed by atoms with van der Waals surface area (Å²) < 4.78 is 1.38. The predicted molar refractivity (Wildman–Crippen MR) is 90.4 cm³/mol. The molecule has 1 heterocycles. The van der Waals surface area contributed by atoms with E-state index in [-0.39, 0.29) is 0 Å². The fourth-order valence-corrected chi connectivity index (χ4v) is 4.90. The van der Waals surface area contributed by atoms with Crippen molar-refractivity contribution in [3.8, 4) is 0 Å². The number of nitrogens with one attached hydrogen (secondary N) is 1. The van der Waals surface area contributed by atoms with Gasteiger partial charge in [0.25, 0.3) is 0 Å². The van der Waals surface area contributed by atoms with Crippen molar-refractivity contribution < 1.29 is 0 Å². The normalized spacial score (nSPS) is 24.6. The molecule has 2 unspecified atom stereocenters. The second kappa shape index (κ2) is 6.84. The fourth-order valence-electron chi connectivity index (χ4n) is 2.73. The van der Waals surface area contributed by atoms with Gasteiger partial charge in [-0.25, -0.2) is 0 Å². The van der Waals surface area contributed by atoms with Gasteiger partial charge in [-0.2, -0.15) is 11.8 Å². The van der Waals surface area contributed by atoms with E-state index in [0.29, 0.717) is 10.8 Å². The van der Waals surface area contributed by atoms with Gasteiger partial charge in [0.2, 0.25) is 0 Å². The molecular weight excluding hydrogens is 342 g/mol. The smallest absolute Gasteiger partial charge is 0.0449 e. The number of likely N-dealkylation sites (N-methyl/N-ethyl adjacent to an activating group) is 1. The molecule has 0 aliphatic carbocycles. The molecule has 0 radical (unpaired) electrons. The highest BCUT2D eigenvalue weighted by atomic mass is 79.9. The average molecular weight is 363 g/mol. The van der Waals surface area contributed by atoms with Crippen molar-refractivity contribution in [3.63, 3.8) is 0 Å². The van der Waals surface area contributed by atoms with Crippen molar-refractivity contribution in [1.29, 1.82) is 0 Å². The molecule has 0 aromatic heterocycles. The maximum Gasteiger partial charge on any atom is 0.0449 e. The molecule has 2 rings (SSSR count). The third-order valence-corrected chi connectivity index (χ3v) is 6.36. The Kier molecular flexibility index (Phi) is 5.65. The number of hydrogen-bond donors (Lipinski definition) is 1. The molecule has 1 fully saturated rings. The number of hydrogen-bond acceptors (Lipinski definition) is 2. The van der Waals surface area contributed by atoms with Crippen LogP contribution >= 0.6 is 39.3 Å². The molecule has 2 atom stereocenters. The molecule has 1 aliphatic rings. The first-order chi connectivity index (χ1) is 9.05. The van der Waals surface area contributed by atoms with Crippen molar-refractivity contribution in [3.05, 3.63) is 33.3 Å². The first-order valence-electron chi connectivity index (χ1n) is 6.86. The lowest BCUT2D eigenvalue weighted by atomic mass is 9.90. The molecule has 1 aromatic carbocycles. The summed E-state index contributed by atoms with van der Waals surface area (Å²) in [4.78, 5) is 0. The van der Waals surface area contributed by atoms with Crippen LogP contribution in [0.3, 0.4) is 0 Å². The van der Waals surface area contributed by atoms with Crippen LogP contribution in [0.1, 0.15) is 32.3 Å². The maximum absolute atomic E-state index is 6.36. The van der Waals surface area contributed by atoms with Crippen molar-refractivity contribution in [2.24, 2.45) is 0 Å².